The first kappa shape index (κ1) is 23.0. The van der Waals surface area contributed by atoms with Crippen LogP contribution in [0.1, 0.15) is 39.7 Å². The van der Waals surface area contributed by atoms with Crippen LogP contribution in [0.15, 0.2) is 30.3 Å². The number of rotatable bonds is 6. The molecule has 3 amide bonds. The molecule has 3 rings (SSSR count). The summed E-state index contributed by atoms with van der Waals surface area (Å²) in [7, 11) is -2.56. The van der Waals surface area contributed by atoms with Gasteiger partial charge < -0.3 is 10.1 Å². The van der Waals surface area contributed by atoms with Gasteiger partial charge in [-0.25, -0.2) is 13.2 Å². The molecule has 1 unspecified atom stereocenters. The number of imide groups is 1. The maximum absolute atomic E-state index is 12.7. The minimum absolute atomic E-state index is 0.200. The van der Waals surface area contributed by atoms with E-state index in [1.165, 1.54) is 11.3 Å². The number of benzene rings is 1. The Morgan fingerprint density at radius 1 is 1.19 bits per heavy atom. The smallest absolute Gasteiger partial charge is 0.413 e. The molecule has 1 aliphatic rings. The number of nitrogens with one attached hydrogen (secondary N) is 2. The molecule has 8 nitrogen and oxygen atoms in total. The number of ether oxygens (including phenoxy) is 1. The predicted molar refractivity (Wildman–Crippen MR) is 118 cm³/mol. The third-order valence-electron chi connectivity index (χ3n) is 4.97. The summed E-state index contributed by atoms with van der Waals surface area (Å²) >= 11 is 1.25. The summed E-state index contributed by atoms with van der Waals surface area (Å²) in [5, 5.41) is 4.96. The molecule has 0 fully saturated rings. The Morgan fingerprint density at radius 3 is 2.58 bits per heavy atom. The van der Waals surface area contributed by atoms with Gasteiger partial charge >= 0.3 is 6.09 Å². The van der Waals surface area contributed by atoms with Crippen molar-refractivity contribution >= 4 is 44.1 Å². The first-order valence-electron chi connectivity index (χ1n) is 9.76. The molecule has 31 heavy (non-hydrogen) atoms. The van der Waals surface area contributed by atoms with E-state index in [9.17, 15) is 22.8 Å². The molecule has 10 heteroatoms. The number of carbonyl (C=O) groups is 3. The van der Waals surface area contributed by atoms with Crippen molar-refractivity contribution in [1.82, 2.24) is 5.32 Å². The van der Waals surface area contributed by atoms with Crippen LogP contribution < -0.4 is 10.6 Å². The highest BCUT2D eigenvalue weighted by atomic mass is 32.2. The minimum Gasteiger partial charge on any atom is -0.453 e. The molecule has 1 aromatic heterocycles. The summed E-state index contributed by atoms with van der Waals surface area (Å²) in [5.41, 5.74) is 1.58. The normalized spacial score (nSPS) is 15.6. The summed E-state index contributed by atoms with van der Waals surface area (Å²) < 4.78 is 29.4. The zero-order chi connectivity index (χ0) is 22.6. The molecule has 2 aromatic rings. The lowest BCUT2D eigenvalue weighted by atomic mass is 9.88. The van der Waals surface area contributed by atoms with Gasteiger partial charge in [-0.1, -0.05) is 37.3 Å². The molecular weight excluding hydrogens is 440 g/mol. The van der Waals surface area contributed by atoms with Gasteiger partial charge in [0.2, 0.25) is 5.91 Å². The van der Waals surface area contributed by atoms with Crippen LogP contribution in [0, 0.1) is 5.92 Å². The van der Waals surface area contributed by atoms with Gasteiger partial charge in [-0.05, 0) is 36.3 Å². The number of thiophene rings is 1. The predicted octanol–water partition coefficient (Wildman–Crippen LogP) is 2.92. The van der Waals surface area contributed by atoms with Gasteiger partial charge in [0.15, 0.2) is 9.84 Å². The van der Waals surface area contributed by atoms with E-state index in [4.69, 9.17) is 0 Å². The largest absolute Gasteiger partial charge is 0.453 e. The summed E-state index contributed by atoms with van der Waals surface area (Å²) in [6.45, 7) is 2.10. The number of sulfone groups is 1. The van der Waals surface area contributed by atoms with Gasteiger partial charge in [-0.15, -0.1) is 11.3 Å². The zero-order valence-corrected chi connectivity index (χ0v) is 18.9. The molecule has 0 radical (unpaired) electrons. The van der Waals surface area contributed by atoms with Gasteiger partial charge in [-0.3, -0.25) is 14.9 Å². The molecule has 0 spiro atoms. The van der Waals surface area contributed by atoms with E-state index in [0.717, 1.165) is 30.4 Å². The number of alkyl carbamates (subject to hydrolysis) is 1. The highest BCUT2D eigenvalue weighted by Crippen LogP contribution is 2.39. The van der Waals surface area contributed by atoms with Crippen LogP contribution in [0.2, 0.25) is 0 Å². The van der Waals surface area contributed by atoms with Crippen molar-refractivity contribution in [3.8, 4) is 0 Å². The Kier molecular flexibility index (Phi) is 7.11. The number of anilines is 1. The second-order valence-electron chi connectivity index (χ2n) is 7.57. The summed E-state index contributed by atoms with van der Waals surface area (Å²) in [5.74, 6) is -1.94. The second kappa shape index (κ2) is 9.61. The van der Waals surface area contributed by atoms with Crippen molar-refractivity contribution < 1.29 is 27.5 Å². The van der Waals surface area contributed by atoms with Gasteiger partial charge in [0.05, 0.1) is 18.4 Å². The fourth-order valence-corrected chi connectivity index (χ4v) is 6.23. The van der Waals surface area contributed by atoms with E-state index in [1.807, 2.05) is 0 Å². The maximum atomic E-state index is 12.7. The van der Waals surface area contributed by atoms with E-state index in [0.29, 0.717) is 17.9 Å². The van der Waals surface area contributed by atoms with Crippen molar-refractivity contribution in [2.45, 2.75) is 31.9 Å². The number of fused-ring (bicyclic) bond motifs is 1. The van der Waals surface area contributed by atoms with Crippen LogP contribution in [0.25, 0.3) is 0 Å². The monoisotopic (exact) mass is 464 g/mol. The van der Waals surface area contributed by atoms with Crippen LogP contribution >= 0.6 is 11.3 Å². The average molecular weight is 465 g/mol. The molecular formula is C21H24N2O6S2. The first-order valence-corrected chi connectivity index (χ1v) is 12.4. The van der Waals surface area contributed by atoms with Crippen molar-refractivity contribution in [3.05, 3.63) is 51.9 Å². The summed E-state index contributed by atoms with van der Waals surface area (Å²) in [4.78, 5) is 37.7. The fraction of sp³-hybridized carbons (Fsp3) is 0.381. The Balaban J connectivity index is 1.80. The number of methoxy groups -OCH3 is 1. The zero-order valence-electron chi connectivity index (χ0n) is 17.3. The van der Waals surface area contributed by atoms with Crippen LogP contribution in [0.3, 0.4) is 0 Å². The molecule has 1 atom stereocenters. The lowest BCUT2D eigenvalue weighted by molar-refractivity contribution is -0.113. The first-order chi connectivity index (χ1) is 14.7. The van der Waals surface area contributed by atoms with Crippen molar-refractivity contribution in [3.63, 3.8) is 0 Å². The molecule has 0 aliphatic heterocycles. The van der Waals surface area contributed by atoms with Gasteiger partial charge in [0, 0.05) is 4.88 Å². The minimum atomic E-state index is -3.70. The summed E-state index contributed by atoms with van der Waals surface area (Å²) in [6.07, 6.45) is 1.36. The second-order valence-corrected chi connectivity index (χ2v) is 10.7. The molecule has 1 aliphatic carbocycles. The van der Waals surface area contributed by atoms with E-state index in [1.54, 1.807) is 30.3 Å². The SMILES string of the molecule is COC(=O)NC(=O)c1c(NC(=O)CS(=O)(=O)Cc2ccccc2)sc2c1CCC(C)C2. The van der Waals surface area contributed by atoms with Crippen LogP contribution in [0.5, 0.6) is 0 Å². The highest BCUT2D eigenvalue weighted by Gasteiger charge is 2.30. The number of amides is 3. The van der Waals surface area contributed by atoms with Crippen molar-refractivity contribution in [2.75, 3.05) is 18.2 Å². The van der Waals surface area contributed by atoms with E-state index in [-0.39, 0.29) is 16.3 Å². The molecule has 2 N–H and O–H groups in total. The van der Waals surface area contributed by atoms with Crippen LogP contribution in [-0.4, -0.2) is 39.2 Å². The molecule has 0 saturated carbocycles. The van der Waals surface area contributed by atoms with Gasteiger partial charge in [-0.2, -0.15) is 0 Å². The Morgan fingerprint density at radius 2 is 1.90 bits per heavy atom. The molecule has 1 heterocycles. The third kappa shape index (κ3) is 5.92. The van der Waals surface area contributed by atoms with E-state index >= 15 is 0 Å². The lowest BCUT2D eigenvalue weighted by Gasteiger charge is -2.18. The Bertz CT molecular complexity index is 1090. The van der Waals surface area contributed by atoms with Crippen molar-refractivity contribution in [2.24, 2.45) is 5.92 Å². The van der Waals surface area contributed by atoms with Gasteiger partial charge in [0.25, 0.3) is 5.91 Å². The molecule has 0 bridgehead atoms. The number of hydrogen-bond acceptors (Lipinski definition) is 7. The summed E-state index contributed by atoms with van der Waals surface area (Å²) in [6, 6.07) is 8.60. The van der Waals surface area contributed by atoms with Crippen LogP contribution in [0.4, 0.5) is 9.80 Å². The standard InChI is InChI=1S/C21H24N2O6S2/c1-13-8-9-15-16(10-13)30-20(18(15)19(25)23-21(26)29-2)22-17(24)12-31(27,28)11-14-6-4-3-5-7-14/h3-7,13H,8-12H2,1-2H3,(H,22,24)(H,23,25,26). The maximum Gasteiger partial charge on any atom is 0.413 e. The lowest BCUT2D eigenvalue weighted by Crippen LogP contribution is -2.32. The van der Waals surface area contributed by atoms with E-state index in [2.05, 4.69) is 22.3 Å². The van der Waals surface area contributed by atoms with Gasteiger partial charge in [0.1, 0.15) is 10.8 Å². The number of hydrogen-bond donors (Lipinski definition) is 2. The highest BCUT2D eigenvalue weighted by molar-refractivity contribution is 7.91. The van der Waals surface area contributed by atoms with Crippen molar-refractivity contribution in [1.29, 1.82) is 0 Å². The van der Waals surface area contributed by atoms with Crippen LogP contribution in [-0.2, 0) is 38.0 Å². The fourth-order valence-electron chi connectivity index (χ4n) is 3.53. The Labute approximate surface area is 184 Å². The molecule has 1 aromatic carbocycles. The quantitative estimate of drug-likeness (QED) is 0.679. The van der Waals surface area contributed by atoms with E-state index < -0.39 is 33.5 Å². The third-order valence-corrected chi connectivity index (χ3v) is 7.62. The average Bonchev–Trinajstić information content (AvgIpc) is 3.04. The topological polar surface area (TPSA) is 119 Å². The molecule has 0 saturated heterocycles. The number of carbonyl (C=O) groups excluding carboxylic acids is 3. The Hall–Kier alpha value is -2.72. The molecule has 166 valence electrons.